The summed E-state index contributed by atoms with van der Waals surface area (Å²) in [6.07, 6.45) is 0.711. The molecule has 0 saturated heterocycles. The largest absolute Gasteiger partial charge is 0.458 e. The van der Waals surface area contributed by atoms with Gasteiger partial charge in [-0.1, -0.05) is 5.16 Å². The van der Waals surface area contributed by atoms with Crippen LogP contribution in [0.15, 0.2) is 21.1 Å². The lowest BCUT2D eigenvalue weighted by Gasteiger charge is -2.04. The molecule has 1 N–H and O–H groups in total. The van der Waals surface area contributed by atoms with Crippen LogP contribution in [0.5, 0.6) is 0 Å². The highest BCUT2D eigenvalue weighted by Crippen LogP contribution is 2.18. The summed E-state index contributed by atoms with van der Waals surface area (Å²) < 4.78 is 10.6. The van der Waals surface area contributed by atoms with Crippen LogP contribution in [0.4, 0.5) is 0 Å². The molecule has 5 heteroatoms. The van der Waals surface area contributed by atoms with E-state index in [1.165, 1.54) is 0 Å². The molecule has 2 aromatic heterocycles. The first-order valence-electron chi connectivity index (χ1n) is 5.25. The van der Waals surface area contributed by atoms with Gasteiger partial charge in [-0.2, -0.15) is 4.98 Å². The zero-order valence-corrected chi connectivity index (χ0v) is 9.65. The Morgan fingerprint density at radius 3 is 2.88 bits per heavy atom. The summed E-state index contributed by atoms with van der Waals surface area (Å²) in [6, 6.07) is 4.03. The molecule has 0 spiro atoms. The lowest BCUT2D eigenvalue weighted by molar-refractivity contribution is 0.364. The topological polar surface area (TPSA) is 64.1 Å². The first-order chi connectivity index (χ1) is 7.69. The second-order valence-corrected chi connectivity index (χ2v) is 3.82. The van der Waals surface area contributed by atoms with Crippen molar-refractivity contribution in [3.8, 4) is 11.6 Å². The minimum atomic E-state index is 0.312. The molecule has 2 aromatic rings. The summed E-state index contributed by atoms with van der Waals surface area (Å²) in [4.78, 5) is 4.27. The third-order valence-corrected chi connectivity index (χ3v) is 2.40. The van der Waals surface area contributed by atoms with Crippen molar-refractivity contribution in [2.45, 2.75) is 26.3 Å². The van der Waals surface area contributed by atoms with E-state index < -0.39 is 0 Å². The number of hydrogen-bond acceptors (Lipinski definition) is 5. The van der Waals surface area contributed by atoms with Gasteiger partial charge in [0.15, 0.2) is 5.76 Å². The summed E-state index contributed by atoms with van der Waals surface area (Å²) in [6.45, 7) is 3.94. The van der Waals surface area contributed by atoms with Crippen LogP contribution in [0.2, 0.25) is 0 Å². The Labute approximate surface area is 93.8 Å². The van der Waals surface area contributed by atoms with Crippen LogP contribution in [0, 0.1) is 6.92 Å². The Morgan fingerprint density at radius 2 is 2.25 bits per heavy atom. The lowest BCUT2D eigenvalue weighted by atomic mass is 10.2. The molecule has 0 aromatic carbocycles. The maximum Gasteiger partial charge on any atom is 0.238 e. The maximum absolute atomic E-state index is 5.41. The van der Waals surface area contributed by atoms with Crippen LogP contribution in [0.3, 0.4) is 0 Å². The monoisotopic (exact) mass is 221 g/mol. The van der Waals surface area contributed by atoms with Crippen molar-refractivity contribution in [1.29, 1.82) is 0 Å². The Morgan fingerprint density at radius 1 is 1.44 bits per heavy atom. The molecule has 1 unspecified atom stereocenters. The average molecular weight is 221 g/mol. The molecule has 0 aliphatic heterocycles. The lowest BCUT2D eigenvalue weighted by Crippen LogP contribution is -2.23. The van der Waals surface area contributed by atoms with Gasteiger partial charge < -0.3 is 14.3 Å². The fraction of sp³-hybridized carbons (Fsp3) is 0.455. The van der Waals surface area contributed by atoms with Crippen molar-refractivity contribution < 1.29 is 8.94 Å². The zero-order chi connectivity index (χ0) is 11.5. The van der Waals surface area contributed by atoms with E-state index in [9.17, 15) is 0 Å². The number of aryl methyl sites for hydroxylation is 1. The van der Waals surface area contributed by atoms with E-state index in [0.717, 1.165) is 5.76 Å². The van der Waals surface area contributed by atoms with E-state index in [4.69, 9.17) is 8.94 Å². The van der Waals surface area contributed by atoms with E-state index in [2.05, 4.69) is 22.4 Å². The van der Waals surface area contributed by atoms with Crippen LogP contribution >= 0.6 is 0 Å². The predicted octanol–water partition coefficient (Wildman–Crippen LogP) is 1.79. The van der Waals surface area contributed by atoms with Crippen molar-refractivity contribution in [3.05, 3.63) is 23.8 Å². The van der Waals surface area contributed by atoms with Gasteiger partial charge in [-0.25, -0.2) is 0 Å². The number of nitrogens with zero attached hydrogens (tertiary/aromatic N) is 2. The van der Waals surface area contributed by atoms with Gasteiger partial charge in [0.05, 0.1) is 0 Å². The van der Waals surface area contributed by atoms with Gasteiger partial charge in [-0.15, -0.1) is 0 Å². The SMILES string of the molecule is CNC(C)Cc1nc(-c2ccc(C)o2)no1. The molecule has 0 aliphatic carbocycles. The van der Waals surface area contributed by atoms with Gasteiger partial charge >= 0.3 is 0 Å². The highest BCUT2D eigenvalue weighted by atomic mass is 16.5. The molecular weight excluding hydrogens is 206 g/mol. The van der Waals surface area contributed by atoms with Crippen LogP contribution in [-0.2, 0) is 6.42 Å². The Bertz CT molecular complexity index is 461. The first-order valence-corrected chi connectivity index (χ1v) is 5.25. The van der Waals surface area contributed by atoms with Crippen LogP contribution in [0.25, 0.3) is 11.6 Å². The van der Waals surface area contributed by atoms with E-state index in [0.29, 0.717) is 29.9 Å². The fourth-order valence-electron chi connectivity index (χ4n) is 1.36. The van der Waals surface area contributed by atoms with Crippen molar-refractivity contribution in [2.75, 3.05) is 7.05 Å². The van der Waals surface area contributed by atoms with Crippen LogP contribution < -0.4 is 5.32 Å². The summed E-state index contributed by atoms with van der Waals surface area (Å²) in [5, 5.41) is 6.99. The fourth-order valence-corrected chi connectivity index (χ4v) is 1.36. The van der Waals surface area contributed by atoms with Crippen LogP contribution in [0.1, 0.15) is 18.6 Å². The minimum Gasteiger partial charge on any atom is -0.458 e. The van der Waals surface area contributed by atoms with Gasteiger partial charge in [0.2, 0.25) is 11.7 Å². The number of nitrogens with one attached hydrogen (secondary N) is 1. The second kappa shape index (κ2) is 4.49. The standard InChI is InChI=1S/C11H15N3O2/c1-7(12-3)6-10-13-11(14-16-10)9-5-4-8(2)15-9/h4-5,7,12H,6H2,1-3H3. The molecule has 5 nitrogen and oxygen atoms in total. The number of aromatic nitrogens is 2. The molecule has 0 aliphatic rings. The summed E-state index contributed by atoms with van der Waals surface area (Å²) >= 11 is 0. The molecule has 0 bridgehead atoms. The number of furan rings is 1. The Hall–Kier alpha value is -1.62. The van der Waals surface area contributed by atoms with Gasteiger partial charge in [0.1, 0.15) is 5.76 Å². The number of hydrogen-bond donors (Lipinski definition) is 1. The van der Waals surface area contributed by atoms with E-state index in [-0.39, 0.29) is 0 Å². The summed E-state index contributed by atoms with van der Waals surface area (Å²) in [7, 11) is 1.90. The molecule has 0 saturated carbocycles. The number of likely N-dealkylation sites (N-methyl/N-ethyl adjacent to an activating group) is 1. The van der Waals surface area contributed by atoms with Gasteiger partial charge in [-0.05, 0) is 33.0 Å². The predicted molar refractivity (Wildman–Crippen MR) is 59.0 cm³/mol. The molecule has 0 fully saturated rings. The average Bonchev–Trinajstić information content (AvgIpc) is 2.87. The third kappa shape index (κ3) is 2.30. The van der Waals surface area contributed by atoms with E-state index in [1.54, 1.807) is 0 Å². The van der Waals surface area contributed by atoms with Crippen molar-refractivity contribution >= 4 is 0 Å². The van der Waals surface area contributed by atoms with E-state index >= 15 is 0 Å². The molecule has 0 amide bonds. The van der Waals surface area contributed by atoms with Crippen molar-refractivity contribution in [1.82, 2.24) is 15.5 Å². The molecule has 1 atom stereocenters. The highest BCUT2D eigenvalue weighted by Gasteiger charge is 2.13. The second-order valence-electron chi connectivity index (χ2n) is 3.82. The molecule has 2 rings (SSSR count). The van der Waals surface area contributed by atoms with Crippen molar-refractivity contribution in [2.24, 2.45) is 0 Å². The molecule has 16 heavy (non-hydrogen) atoms. The summed E-state index contributed by atoms with van der Waals surface area (Å²) in [5.74, 6) is 2.60. The quantitative estimate of drug-likeness (QED) is 0.852. The molecule has 0 radical (unpaired) electrons. The van der Waals surface area contributed by atoms with Gasteiger partial charge in [-0.3, -0.25) is 0 Å². The Kier molecular flexibility index (Phi) is 3.05. The van der Waals surface area contributed by atoms with Crippen LogP contribution in [-0.4, -0.2) is 23.2 Å². The van der Waals surface area contributed by atoms with Gasteiger partial charge in [0.25, 0.3) is 0 Å². The molecule has 86 valence electrons. The highest BCUT2D eigenvalue weighted by molar-refractivity contribution is 5.45. The molecule has 2 heterocycles. The normalized spacial score (nSPS) is 12.9. The first kappa shape index (κ1) is 10.9. The Balaban J connectivity index is 2.13. The van der Waals surface area contributed by atoms with E-state index in [1.807, 2.05) is 26.1 Å². The van der Waals surface area contributed by atoms with Gasteiger partial charge in [0, 0.05) is 12.5 Å². The zero-order valence-electron chi connectivity index (χ0n) is 9.65. The third-order valence-electron chi connectivity index (χ3n) is 2.40. The number of rotatable bonds is 4. The molecular formula is C11H15N3O2. The minimum absolute atomic E-state index is 0.312. The summed E-state index contributed by atoms with van der Waals surface area (Å²) in [5.41, 5.74) is 0. The smallest absolute Gasteiger partial charge is 0.238 e. The van der Waals surface area contributed by atoms with Crippen molar-refractivity contribution in [3.63, 3.8) is 0 Å². The maximum atomic E-state index is 5.41.